The first-order chi connectivity index (χ1) is 9.61. The Bertz CT molecular complexity index is 616. The molecule has 1 rings (SSSR count). The number of nitrogens with zero attached hydrogens (tertiary/aromatic N) is 1. The van der Waals surface area contributed by atoms with E-state index in [1.165, 1.54) is 17.0 Å². The summed E-state index contributed by atoms with van der Waals surface area (Å²) < 4.78 is 27.7. The average Bonchev–Trinajstić information content (AvgIpc) is 2.82. The molecule has 1 amide bonds. The number of hydrogen-bond acceptors (Lipinski definition) is 5. The van der Waals surface area contributed by atoms with E-state index in [2.05, 4.69) is 0 Å². The van der Waals surface area contributed by atoms with E-state index >= 15 is 0 Å². The second kappa shape index (κ2) is 6.75. The number of aliphatic carboxylic acids is 1. The van der Waals surface area contributed by atoms with Crippen LogP contribution in [-0.2, 0) is 14.6 Å². The number of amides is 1. The van der Waals surface area contributed by atoms with Crippen molar-refractivity contribution in [1.29, 1.82) is 0 Å². The second-order valence-corrected chi connectivity index (χ2v) is 7.13. The highest BCUT2D eigenvalue weighted by Gasteiger charge is 2.23. The Morgan fingerprint density at radius 2 is 1.95 bits per heavy atom. The third-order valence-corrected chi connectivity index (χ3v) is 3.58. The quantitative estimate of drug-likeness (QED) is 0.811. The molecule has 0 spiro atoms. The number of carbonyl (C=O) groups excluding carboxylic acids is 1. The lowest BCUT2D eigenvalue weighted by atomic mass is 10.2. The third-order valence-electron chi connectivity index (χ3n) is 2.63. The van der Waals surface area contributed by atoms with E-state index in [-0.39, 0.29) is 29.7 Å². The van der Waals surface area contributed by atoms with Crippen molar-refractivity contribution in [3.8, 4) is 0 Å². The first-order valence-electron chi connectivity index (χ1n) is 6.42. The maximum absolute atomic E-state index is 12.3. The van der Waals surface area contributed by atoms with Gasteiger partial charge in [0.1, 0.15) is 0 Å². The van der Waals surface area contributed by atoms with E-state index in [1.807, 2.05) is 13.8 Å². The smallest absolute Gasteiger partial charge is 0.305 e. The molecule has 0 saturated carbocycles. The van der Waals surface area contributed by atoms with Gasteiger partial charge in [-0.2, -0.15) is 0 Å². The number of carboxylic acids is 1. The largest absolute Gasteiger partial charge is 0.481 e. The number of rotatable bonds is 7. The first-order valence-corrected chi connectivity index (χ1v) is 8.31. The van der Waals surface area contributed by atoms with Crippen LogP contribution >= 0.6 is 0 Å². The van der Waals surface area contributed by atoms with E-state index in [9.17, 15) is 18.0 Å². The lowest BCUT2D eigenvalue weighted by Gasteiger charge is -2.22. The molecule has 1 aromatic rings. The maximum Gasteiger partial charge on any atom is 0.305 e. The zero-order valence-corrected chi connectivity index (χ0v) is 13.0. The summed E-state index contributed by atoms with van der Waals surface area (Å²) in [5, 5.41) is 8.44. The number of sulfone groups is 1. The van der Waals surface area contributed by atoms with E-state index in [0.29, 0.717) is 6.54 Å². The van der Waals surface area contributed by atoms with Crippen LogP contribution in [0.1, 0.15) is 30.8 Å². The molecular formula is C13H19NO6S. The van der Waals surface area contributed by atoms with E-state index in [4.69, 9.17) is 9.52 Å². The van der Waals surface area contributed by atoms with Gasteiger partial charge in [-0.05, 0) is 18.1 Å². The predicted molar refractivity (Wildman–Crippen MR) is 74.8 cm³/mol. The summed E-state index contributed by atoms with van der Waals surface area (Å²) >= 11 is 0. The molecular weight excluding hydrogens is 298 g/mol. The summed E-state index contributed by atoms with van der Waals surface area (Å²) in [7, 11) is -3.52. The van der Waals surface area contributed by atoms with Crippen molar-refractivity contribution in [3.05, 3.63) is 17.9 Å². The zero-order valence-electron chi connectivity index (χ0n) is 12.2. The number of carboxylic acid groups (broad SMARTS) is 1. The van der Waals surface area contributed by atoms with Crippen molar-refractivity contribution in [2.24, 2.45) is 5.92 Å². The van der Waals surface area contributed by atoms with E-state index < -0.39 is 21.7 Å². The van der Waals surface area contributed by atoms with Gasteiger partial charge in [0.25, 0.3) is 5.91 Å². The molecule has 0 atom stereocenters. The zero-order chi connectivity index (χ0) is 16.2. The SMILES string of the molecule is CC(C)CN(CCC(=O)O)C(=O)c1ccc(S(C)(=O)=O)o1. The van der Waals surface area contributed by atoms with Crippen LogP contribution in [0.2, 0.25) is 0 Å². The minimum absolute atomic E-state index is 0.0429. The monoisotopic (exact) mass is 317 g/mol. The second-order valence-electron chi connectivity index (χ2n) is 5.18. The summed E-state index contributed by atoms with van der Waals surface area (Å²) in [6.45, 7) is 4.19. The van der Waals surface area contributed by atoms with Gasteiger partial charge >= 0.3 is 5.97 Å². The fourth-order valence-electron chi connectivity index (χ4n) is 1.74. The standard InChI is InChI=1S/C13H19NO6S/c1-9(2)8-14(7-6-11(15)16)13(17)10-4-5-12(20-10)21(3,18)19/h4-5,9H,6-8H2,1-3H3,(H,15,16). The number of carbonyl (C=O) groups is 2. The predicted octanol–water partition coefficient (Wildman–Crippen LogP) is 1.26. The van der Waals surface area contributed by atoms with Crippen LogP contribution in [0.25, 0.3) is 0 Å². The van der Waals surface area contributed by atoms with Gasteiger partial charge in [-0.15, -0.1) is 0 Å². The minimum Gasteiger partial charge on any atom is -0.481 e. The fourth-order valence-corrected chi connectivity index (χ4v) is 2.29. The third kappa shape index (κ3) is 5.22. The fraction of sp³-hybridized carbons (Fsp3) is 0.538. The molecule has 0 radical (unpaired) electrons. The molecule has 1 aromatic heterocycles. The molecule has 0 aromatic carbocycles. The summed E-state index contributed by atoms with van der Waals surface area (Å²) in [4.78, 5) is 24.3. The average molecular weight is 317 g/mol. The summed E-state index contributed by atoms with van der Waals surface area (Å²) in [5.74, 6) is -1.48. The Morgan fingerprint density at radius 3 is 2.38 bits per heavy atom. The van der Waals surface area contributed by atoms with Crippen LogP contribution in [0.4, 0.5) is 0 Å². The van der Waals surface area contributed by atoms with Crippen LogP contribution in [0.3, 0.4) is 0 Å². The van der Waals surface area contributed by atoms with Gasteiger partial charge in [-0.1, -0.05) is 13.8 Å². The van der Waals surface area contributed by atoms with Gasteiger partial charge in [0.15, 0.2) is 5.76 Å². The molecule has 7 nitrogen and oxygen atoms in total. The van der Waals surface area contributed by atoms with Gasteiger partial charge < -0.3 is 14.4 Å². The van der Waals surface area contributed by atoms with Gasteiger partial charge in [-0.25, -0.2) is 8.42 Å². The summed E-state index contributed by atoms with van der Waals surface area (Å²) in [6, 6.07) is 2.50. The molecule has 0 fully saturated rings. The summed E-state index contributed by atoms with van der Waals surface area (Å²) in [6.07, 6.45) is 0.800. The Morgan fingerprint density at radius 1 is 1.33 bits per heavy atom. The molecule has 1 heterocycles. The molecule has 0 saturated heterocycles. The minimum atomic E-state index is -3.52. The highest BCUT2D eigenvalue weighted by molar-refractivity contribution is 7.90. The highest BCUT2D eigenvalue weighted by atomic mass is 32.2. The van der Waals surface area contributed by atoms with Crippen molar-refractivity contribution < 1.29 is 27.5 Å². The van der Waals surface area contributed by atoms with Gasteiger partial charge in [0.2, 0.25) is 14.9 Å². The van der Waals surface area contributed by atoms with Crippen LogP contribution in [-0.4, -0.2) is 49.6 Å². The van der Waals surface area contributed by atoms with Crippen LogP contribution in [0.5, 0.6) is 0 Å². The van der Waals surface area contributed by atoms with Gasteiger partial charge in [0.05, 0.1) is 6.42 Å². The Balaban J connectivity index is 2.93. The van der Waals surface area contributed by atoms with Crippen molar-refractivity contribution in [2.75, 3.05) is 19.3 Å². The number of furan rings is 1. The van der Waals surface area contributed by atoms with Crippen LogP contribution in [0, 0.1) is 5.92 Å². The van der Waals surface area contributed by atoms with Crippen molar-refractivity contribution in [2.45, 2.75) is 25.4 Å². The highest BCUT2D eigenvalue weighted by Crippen LogP contribution is 2.16. The molecule has 118 valence electrons. The maximum atomic E-state index is 12.3. The molecule has 0 aliphatic heterocycles. The molecule has 21 heavy (non-hydrogen) atoms. The molecule has 0 bridgehead atoms. The Kier molecular flexibility index (Phi) is 5.54. The first kappa shape index (κ1) is 17.2. The van der Waals surface area contributed by atoms with Crippen molar-refractivity contribution >= 4 is 21.7 Å². The Labute approximate surface area is 123 Å². The lowest BCUT2D eigenvalue weighted by molar-refractivity contribution is -0.137. The lowest BCUT2D eigenvalue weighted by Crippen LogP contribution is -2.35. The van der Waals surface area contributed by atoms with Crippen LogP contribution < -0.4 is 0 Å². The van der Waals surface area contributed by atoms with E-state index in [0.717, 1.165) is 6.26 Å². The molecule has 1 N–H and O–H groups in total. The van der Waals surface area contributed by atoms with Gasteiger partial charge in [-0.3, -0.25) is 9.59 Å². The molecule has 0 aliphatic rings. The molecule has 0 aliphatic carbocycles. The Hall–Kier alpha value is -1.83. The normalized spacial score (nSPS) is 11.6. The topological polar surface area (TPSA) is 105 Å². The van der Waals surface area contributed by atoms with Crippen molar-refractivity contribution in [3.63, 3.8) is 0 Å². The van der Waals surface area contributed by atoms with E-state index in [1.54, 1.807) is 0 Å². The van der Waals surface area contributed by atoms with Gasteiger partial charge in [0, 0.05) is 19.3 Å². The molecule has 0 unspecified atom stereocenters. The number of hydrogen-bond donors (Lipinski definition) is 1. The van der Waals surface area contributed by atoms with Crippen LogP contribution in [0.15, 0.2) is 21.6 Å². The van der Waals surface area contributed by atoms with Crippen molar-refractivity contribution in [1.82, 2.24) is 4.90 Å². The molecule has 8 heteroatoms. The summed E-state index contributed by atoms with van der Waals surface area (Å²) in [5.41, 5.74) is 0.